The first-order valence-corrected chi connectivity index (χ1v) is 7.93. The highest BCUT2D eigenvalue weighted by Gasteiger charge is 2.20. The molecule has 0 spiro atoms. The summed E-state index contributed by atoms with van der Waals surface area (Å²) in [6.07, 6.45) is 3.60. The average molecular weight is 328 g/mol. The summed E-state index contributed by atoms with van der Waals surface area (Å²) in [7, 11) is 1.77. The van der Waals surface area contributed by atoms with Crippen LogP contribution in [-0.2, 0) is 0 Å². The molecular formula is C16H26BrNO. The number of nitrogens with one attached hydrogen (secondary N) is 1. The SMILES string of the molecule is CCCCC(NCC)c1c(C)c(Br)cc(C)c1OC. The van der Waals surface area contributed by atoms with Gasteiger partial charge >= 0.3 is 0 Å². The van der Waals surface area contributed by atoms with E-state index in [-0.39, 0.29) is 0 Å². The van der Waals surface area contributed by atoms with Gasteiger partial charge in [0.05, 0.1) is 7.11 Å². The quantitative estimate of drug-likeness (QED) is 0.767. The Labute approximate surface area is 126 Å². The minimum Gasteiger partial charge on any atom is -0.496 e. The van der Waals surface area contributed by atoms with Crippen LogP contribution >= 0.6 is 15.9 Å². The van der Waals surface area contributed by atoms with Crippen LogP contribution in [0.2, 0.25) is 0 Å². The standard InChI is InChI=1S/C16H26BrNO/c1-6-8-9-14(18-7-2)15-12(4)13(17)10-11(3)16(15)19-5/h10,14,18H,6-9H2,1-5H3. The van der Waals surface area contributed by atoms with Crippen molar-refractivity contribution in [1.29, 1.82) is 0 Å². The van der Waals surface area contributed by atoms with Crippen LogP contribution in [0.15, 0.2) is 10.5 Å². The molecule has 0 radical (unpaired) electrons. The smallest absolute Gasteiger partial charge is 0.126 e. The molecule has 0 aliphatic carbocycles. The third-order valence-electron chi connectivity index (χ3n) is 3.56. The van der Waals surface area contributed by atoms with Crippen LogP contribution in [0.1, 0.15) is 55.8 Å². The maximum atomic E-state index is 5.66. The number of ether oxygens (including phenoxy) is 1. The van der Waals surface area contributed by atoms with E-state index >= 15 is 0 Å². The summed E-state index contributed by atoms with van der Waals surface area (Å²) in [5.74, 6) is 1.03. The van der Waals surface area contributed by atoms with Gasteiger partial charge in [-0.3, -0.25) is 0 Å². The van der Waals surface area contributed by atoms with Crippen molar-refractivity contribution in [3.8, 4) is 5.75 Å². The third-order valence-corrected chi connectivity index (χ3v) is 4.38. The minimum atomic E-state index is 0.371. The fourth-order valence-electron chi connectivity index (χ4n) is 2.57. The molecule has 1 aromatic rings. The molecule has 0 aliphatic heterocycles. The van der Waals surface area contributed by atoms with Crippen molar-refractivity contribution in [3.05, 3.63) is 27.2 Å². The van der Waals surface area contributed by atoms with Crippen molar-refractivity contribution in [2.24, 2.45) is 0 Å². The molecule has 108 valence electrons. The zero-order valence-electron chi connectivity index (χ0n) is 12.8. The molecule has 0 heterocycles. The lowest BCUT2D eigenvalue weighted by molar-refractivity contribution is 0.390. The van der Waals surface area contributed by atoms with Crippen LogP contribution in [0.3, 0.4) is 0 Å². The first-order valence-electron chi connectivity index (χ1n) is 7.13. The summed E-state index contributed by atoms with van der Waals surface area (Å²) >= 11 is 3.66. The lowest BCUT2D eigenvalue weighted by atomic mass is 9.93. The molecule has 0 fully saturated rings. The van der Waals surface area contributed by atoms with E-state index in [1.54, 1.807) is 7.11 Å². The lowest BCUT2D eigenvalue weighted by Gasteiger charge is -2.24. The number of hydrogen-bond acceptors (Lipinski definition) is 2. The van der Waals surface area contributed by atoms with E-state index in [0.29, 0.717) is 6.04 Å². The average Bonchev–Trinajstić information content (AvgIpc) is 2.38. The molecule has 1 unspecified atom stereocenters. The number of benzene rings is 1. The maximum absolute atomic E-state index is 5.66. The van der Waals surface area contributed by atoms with Gasteiger partial charge in [-0.1, -0.05) is 42.6 Å². The van der Waals surface area contributed by atoms with Crippen LogP contribution in [0.5, 0.6) is 5.75 Å². The molecule has 2 nitrogen and oxygen atoms in total. The summed E-state index contributed by atoms with van der Waals surface area (Å²) in [6, 6.07) is 2.51. The van der Waals surface area contributed by atoms with E-state index < -0.39 is 0 Å². The monoisotopic (exact) mass is 327 g/mol. The first kappa shape index (κ1) is 16.5. The predicted octanol–water partition coefficient (Wildman–Crippen LogP) is 4.92. The summed E-state index contributed by atoms with van der Waals surface area (Å²) in [4.78, 5) is 0. The van der Waals surface area contributed by atoms with Gasteiger partial charge in [0.15, 0.2) is 0 Å². The van der Waals surface area contributed by atoms with Crippen molar-refractivity contribution >= 4 is 15.9 Å². The van der Waals surface area contributed by atoms with Crippen LogP contribution in [0, 0.1) is 13.8 Å². The molecule has 1 aromatic carbocycles. The number of rotatable bonds is 7. The molecular weight excluding hydrogens is 302 g/mol. The second-order valence-electron chi connectivity index (χ2n) is 5.00. The topological polar surface area (TPSA) is 21.3 Å². The second-order valence-corrected chi connectivity index (χ2v) is 5.85. The van der Waals surface area contributed by atoms with Gasteiger partial charge in [0.1, 0.15) is 5.75 Å². The molecule has 0 bridgehead atoms. The highest BCUT2D eigenvalue weighted by molar-refractivity contribution is 9.10. The molecule has 0 aromatic heterocycles. The Kier molecular flexibility index (Phi) is 6.87. The molecule has 0 aliphatic rings. The maximum Gasteiger partial charge on any atom is 0.126 e. The van der Waals surface area contributed by atoms with Gasteiger partial charge in [0.2, 0.25) is 0 Å². The van der Waals surface area contributed by atoms with Crippen LogP contribution in [-0.4, -0.2) is 13.7 Å². The second kappa shape index (κ2) is 7.91. The van der Waals surface area contributed by atoms with Crippen molar-refractivity contribution < 1.29 is 4.74 Å². The number of halogens is 1. The Balaban J connectivity index is 3.26. The summed E-state index contributed by atoms with van der Waals surface area (Å²) in [6.45, 7) is 9.64. The molecule has 3 heteroatoms. The summed E-state index contributed by atoms with van der Waals surface area (Å²) in [5.41, 5.74) is 3.78. The number of aryl methyl sites for hydroxylation is 1. The lowest BCUT2D eigenvalue weighted by Crippen LogP contribution is -2.22. The zero-order valence-corrected chi connectivity index (χ0v) is 14.4. The summed E-state index contributed by atoms with van der Waals surface area (Å²) in [5, 5.41) is 3.60. The van der Waals surface area contributed by atoms with Gasteiger partial charge in [-0.05, 0) is 44.0 Å². The Morgan fingerprint density at radius 3 is 2.53 bits per heavy atom. The fourth-order valence-corrected chi connectivity index (χ4v) is 3.13. The number of hydrogen-bond donors (Lipinski definition) is 1. The van der Waals surface area contributed by atoms with Crippen molar-refractivity contribution in [2.45, 2.75) is 53.0 Å². The van der Waals surface area contributed by atoms with E-state index in [2.05, 4.69) is 55.0 Å². The summed E-state index contributed by atoms with van der Waals surface area (Å²) < 4.78 is 6.83. The Hall–Kier alpha value is -0.540. The predicted molar refractivity (Wildman–Crippen MR) is 86.1 cm³/mol. The largest absolute Gasteiger partial charge is 0.496 e. The Morgan fingerprint density at radius 2 is 2.00 bits per heavy atom. The van der Waals surface area contributed by atoms with Gasteiger partial charge < -0.3 is 10.1 Å². The fraction of sp³-hybridized carbons (Fsp3) is 0.625. The molecule has 1 rings (SSSR count). The Morgan fingerprint density at radius 1 is 1.32 bits per heavy atom. The van der Waals surface area contributed by atoms with E-state index in [4.69, 9.17) is 4.74 Å². The van der Waals surface area contributed by atoms with Gasteiger partial charge in [-0.2, -0.15) is 0 Å². The van der Waals surface area contributed by atoms with Gasteiger partial charge in [0.25, 0.3) is 0 Å². The van der Waals surface area contributed by atoms with E-state index in [9.17, 15) is 0 Å². The van der Waals surface area contributed by atoms with Crippen molar-refractivity contribution in [1.82, 2.24) is 5.32 Å². The van der Waals surface area contributed by atoms with Crippen LogP contribution in [0.25, 0.3) is 0 Å². The highest BCUT2D eigenvalue weighted by Crippen LogP contribution is 2.38. The molecule has 0 saturated carbocycles. The zero-order chi connectivity index (χ0) is 14.4. The van der Waals surface area contributed by atoms with E-state index in [1.165, 1.54) is 34.0 Å². The van der Waals surface area contributed by atoms with Gasteiger partial charge in [-0.15, -0.1) is 0 Å². The van der Waals surface area contributed by atoms with Crippen LogP contribution < -0.4 is 10.1 Å². The molecule has 1 N–H and O–H groups in total. The normalized spacial score (nSPS) is 12.5. The number of unbranched alkanes of at least 4 members (excludes halogenated alkanes) is 1. The third kappa shape index (κ3) is 3.96. The van der Waals surface area contributed by atoms with Gasteiger partial charge in [0, 0.05) is 16.1 Å². The van der Waals surface area contributed by atoms with Crippen LogP contribution in [0.4, 0.5) is 0 Å². The highest BCUT2D eigenvalue weighted by atomic mass is 79.9. The molecule has 0 amide bonds. The molecule has 1 atom stereocenters. The number of methoxy groups -OCH3 is 1. The van der Waals surface area contributed by atoms with E-state index in [1.807, 2.05) is 0 Å². The molecule has 0 saturated heterocycles. The minimum absolute atomic E-state index is 0.371. The van der Waals surface area contributed by atoms with Crippen molar-refractivity contribution in [2.75, 3.05) is 13.7 Å². The van der Waals surface area contributed by atoms with E-state index in [0.717, 1.165) is 18.7 Å². The van der Waals surface area contributed by atoms with Crippen molar-refractivity contribution in [3.63, 3.8) is 0 Å². The van der Waals surface area contributed by atoms with Gasteiger partial charge in [-0.25, -0.2) is 0 Å². The molecule has 19 heavy (non-hydrogen) atoms. The first-order chi connectivity index (χ1) is 9.06. The Bertz CT molecular complexity index is 418.